The van der Waals surface area contributed by atoms with Crippen molar-refractivity contribution >= 4 is 11.9 Å². The lowest BCUT2D eigenvalue weighted by molar-refractivity contribution is -0.141. The Morgan fingerprint density at radius 1 is 1.25 bits per heavy atom. The topological polar surface area (TPSA) is 66.8 Å². The van der Waals surface area contributed by atoms with Crippen LogP contribution in [0.25, 0.3) is 0 Å². The van der Waals surface area contributed by atoms with Gasteiger partial charge >= 0.3 is 5.97 Å². The highest BCUT2D eigenvalue weighted by atomic mass is 16.5. The Bertz CT molecular complexity index is 459. The first-order valence-electron chi connectivity index (χ1n) is 6.70. The Morgan fingerprint density at radius 3 is 2.55 bits per heavy atom. The maximum Gasteiger partial charge on any atom is 0.307 e. The van der Waals surface area contributed by atoms with Crippen molar-refractivity contribution in [2.45, 2.75) is 26.2 Å². The summed E-state index contributed by atoms with van der Waals surface area (Å²) in [6.07, 6.45) is 0.999. The number of rotatable bonds is 7. The van der Waals surface area contributed by atoms with Crippen LogP contribution in [0.3, 0.4) is 0 Å². The number of methoxy groups -OCH3 is 1. The van der Waals surface area contributed by atoms with E-state index in [-0.39, 0.29) is 24.0 Å². The van der Waals surface area contributed by atoms with Gasteiger partial charge in [0.05, 0.1) is 13.5 Å². The van der Waals surface area contributed by atoms with Gasteiger partial charge in [-0.3, -0.25) is 9.59 Å². The van der Waals surface area contributed by atoms with Crippen LogP contribution in [0.2, 0.25) is 0 Å². The lowest BCUT2D eigenvalue weighted by Crippen LogP contribution is -2.33. The van der Waals surface area contributed by atoms with Crippen LogP contribution in [0.5, 0.6) is 5.75 Å². The van der Waals surface area contributed by atoms with Crippen LogP contribution in [0.1, 0.15) is 25.3 Å². The van der Waals surface area contributed by atoms with Crippen molar-refractivity contribution in [1.29, 1.82) is 0 Å². The zero-order chi connectivity index (χ0) is 15.0. The number of ether oxygens (including phenoxy) is 1. The van der Waals surface area contributed by atoms with Crippen molar-refractivity contribution < 1.29 is 19.4 Å². The molecular formula is C15H21NO4. The molecule has 20 heavy (non-hydrogen) atoms. The first kappa shape index (κ1) is 16.0. The predicted molar refractivity (Wildman–Crippen MR) is 75.3 cm³/mol. The van der Waals surface area contributed by atoms with Crippen LogP contribution < -0.4 is 0 Å². The molecule has 5 heteroatoms. The third-order valence-corrected chi connectivity index (χ3v) is 3.15. The number of carbonyl (C=O) groups is 2. The number of amides is 1. The van der Waals surface area contributed by atoms with E-state index in [9.17, 15) is 14.7 Å². The molecule has 0 heterocycles. The molecule has 0 aliphatic carbocycles. The number of esters is 1. The van der Waals surface area contributed by atoms with Crippen molar-refractivity contribution in [3.05, 3.63) is 29.8 Å². The number of aromatic hydroxyl groups is 1. The lowest BCUT2D eigenvalue weighted by atomic mass is 10.1. The summed E-state index contributed by atoms with van der Waals surface area (Å²) in [4.78, 5) is 24.8. The fourth-order valence-electron chi connectivity index (χ4n) is 1.91. The van der Waals surface area contributed by atoms with E-state index in [2.05, 4.69) is 4.74 Å². The molecule has 1 amide bonds. The Hall–Kier alpha value is -2.04. The van der Waals surface area contributed by atoms with Gasteiger partial charge in [0.25, 0.3) is 0 Å². The summed E-state index contributed by atoms with van der Waals surface area (Å²) >= 11 is 0. The Labute approximate surface area is 119 Å². The molecule has 0 aliphatic rings. The zero-order valence-corrected chi connectivity index (χ0v) is 12.0. The van der Waals surface area contributed by atoms with E-state index in [0.29, 0.717) is 25.9 Å². The van der Waals surface area contributed by atoms with Crippen LogP contribution in [0.15, 0.2) is 24.3 Å². The molecule has 0 bridgehead atoms. The second-order valence-corrected chi connectivity index (χ2v) is 4.43. The summed E-state index contributed by atoms with van der Waals surface area (Å²) in [5.41, 5.74) is 0.755. The van der Waals surface area contributed by atoms with Gasteiger partial charge < -0.3 is 14.7 Å². The van der Waals surface area contributed by atoms with Crippen LogP contribution >= 0.6 is 0 Å². The second-order valence-electron chi connectivity index (χ2n) is 4.43. The summed E-state index contributed by atoms with van der Waals surface area (Å²) in [7, 11) is 1.33. The molecule has 0 atom stereocenters. The highest BCUT2D eigenvalue weighted by molar-refractivity contribution is 5.77. The molecule has 0 fully saturated rings. The Morgan fingerprint density at radius 2 is 1.95 bits per heavy atom. The second kappa shape index (κ2) is 8.19. The summed E-state index contributed by atoms with van der Waals surface area (Å²) in [6, 6.07) is 6.98. The van der Waals surface area contributed by atoms with E-state index in [1.165, 1.54) is 7.11 Å². The fraction of sp³-hybridized carbons (Fsp3) is 0.467. The quantitative estimate of drug-likeness (QED) is 0.772. The number of aryl methyl sites for hydroxylation is 1. The molecule has 1 aromatic rings. The maximum absolute atomic E-state index is 12.1. The van der Waals surface area contributed by atoms with E-state index in [1.807, 2.05) is 13.0 Å². The number of nitrogens with zero attached hydrogens (tertiary/aromatic N) is 1. The summed E-state index contributed by atoms with van der Waals surface area (Å²) in [6.45, 7) is 2.79. The SMILES string of the molecule is CCN(CCC(=O)OC)C(=O)CCc1ccccc1O. The number of phenolic OH excluding ortho intramolecular Hbond substituents is 1. The van der Waals surface area contributed by atoms with Crippen molar-refractivity contribution in [3.8, 4) is 5.75 Å². The molecule has 0 spiro atoms. The van der Waals surface area contributed by atoms with Crippen molar-refractivity contribution in [3.63, 3.8) is 0 Å². The first-order chi connectivity index (χ1) is 9.58. The highest BCUT2D eigenvalue weighted by Gasteiger charge is 2.14. The normalized spacial score (nSPS) is 10.1. The van der Waals surface area contributed by atoms with Crippen molar-refractivity contribution in [2.75, 3.05) is 20.2 Å². The van der Waals surface area contributed by atoms with Crippen molar-refractivity contribution in [1.82, 2.24) is 4.90 Å². The predicted octanol–water partition coefficient (Wildman–Crippen LogP) is 1.74. The minimum absolute atomic E-state index is 0.0281. The van der Waals surface area contributed by atoms with Crippen molar-refractivity contribution in [2.24, 2.45) is 0 Å². The molecule has 0 aliphatic heterocycles. The summed E-state index contributed by atoms with van der Waals surface area (Å²) in [5, 5.41) is 9.64. The van der Waals surface area contributed by atoms with Crippen LogP contribution in [0.4, 0.5) is 0 Å². The molecule has 1 N–H and O–H groups in total. The number of hydrogen-bond acceptors (Lipinski definition) is 4. The van der Waals surface area contributed by atoms with E-state index >= 15 is 0 Å². The number of benzene rings is 1. The van der Waals surface area contributed by atoms with Gasteiger partial charge in [-0.05, 0) is 25.0 Å². The van der Waals surface area contributed by atoms with Crippen LogP contribution in [0, 0.1) is 0 Å². The van der Waals surface area contributed by atoms with Gasteiger partial charge in [0, 0.05) is 19.5 Å². The van der Waals surface area contributed by atoms with E-state index < -0.39 is 0 Å². The fourth-order valence-corrected chi connectivity index (χ4v) is 1.91. The maximum atomic E-state index is 12.1. The average Bonchev–Trinajstić information content (AvgIpc) is 2.46. The van der Waals surface area contributed by atoms with Gasteiger partial charge in [0.2, 0.25) is 5.91 Å². The Kier molecular flexibility index (Phi) is 6.56. The van der Waals surface area contributed by atoms with Crippen LogP contribution in [-0.4, -0.2) is 42.1 Å². The third-order valence-electron chi connectivity index (χ3n) is 3.15. The zero-order valence-electron chi connectivity index (χ0n) is 12.0. The molecule has 0 aromatic heterocycles. The monoisotopic (exact) mass is 279 g/mol. The molecule has 0 unspecified atom stereocenters. The number of para-hydroxylation sites is 1. The van der Waals surface area contributed by atoms with Gasteiger partial charge in [0.1, 0.15) is 5.75 Å². The van der Waals surface area contributed by atoms with Gasteiger partial charge in [-0.25, -0.2) is 0 Å². The molecular weight excluding hydrogens is 258 g/mol. The van der Waals surface area contributed by atoms with E-state index in [0.717, 1.165) is 5.56 Å². The van der Waals surface area contributed by atoms with E-state index in [1.54, 1.807) is 23.1 Å². The summed E-state index contributed by atoms with van der Waals surface area (Å²) in [5.74, 6) is -0.144. The molecule has 0 saturated heterocycles. The minimum Gasteiger partial charge on any atom is -0.508 e. The average molecular weight is 279 g/mol. The third kappa shape index (κ3) is 4.91. The van der Waals surface area contributed by atoms with Gasteiger partial charge in [-0.2, -0.15) is 0 Å². The number of hydrogen-bond donors (Lipinski definition) is 1. The molecule has 5 nitrogen and oxygen atoms in total. The van der Waals surface area contributed by atoms with E-state index in [4.69, 9.17) is 0 Å². The number of phenols is 1. The summed E-state index contributed by atoms with van der Waals surface area (Å²) < 4.78 is 4.56. The largest absolute Gasteiger partial charge is 0.508 e. The van der Waals surface area contributed by atoms with Gasteiger partial charge in [-0.15, -0.1) is 0 Å². The minimum atomic E-state index is -0.322. The first-order valence-corrected chi connectivity index (χ1v) is 6.70. The Balaban J connectivity index is 2.47. The molecule has 1 aromatic carbocycles. The molecule has 0 saturated carbocycles. The lowest BCUT2D eigenvalue weighted by Gasteiger charge is -2.20. The molecule has 1 rings (SSSR count). The highest BCUT2D eigenvalue weighted by Crippen LogP contribution is 2.17. The number of carbonyl (C=O) groups excluding carboxylic acids is 2. The molecule has 0 radical (unpaired) electrons. The van der Waals surface area contributed by atoms with Gasteiger partial charge in [0.15, 0.2) is 0 Å². The van der Waals surface area contributed by atoms with Crippen LogP contribution in [-0.2, 0) is 20.7 Å². The van der Waals surface area contributed by atoms with Gasteiger partial charge in [-0.1, -0.05) is 18.2 Å². The molecule has 110 valence electrons. The standard InChI is InChI=1S/C15H21NO4/c1-3-16(11-10-15(19)20-2)14(18)9-8-12-6-4-5-7-13(12)17/h4-7,17H,3,8-11H2,1-2H3. The smallest absolute Gasteiger partial charge is 0.307 e.